The Morgan fingerprint density at radius 3 is 2.20 bits per heavy atom. The van der Waals surface area contributed by atoms with E-state index in [0.717, 1.165) is 22.5 Å². The number of nitrogens with two attached hydrogens (primary N) is 1. The standard InChI is InChI=1S/C20H21FN4/c1-20(2,15-5-7-16(21)8-6-15)13-23-19-12-11-18(24-25-19)14-3-9-17(22)10-4-14/h3-12H,13,22H2,1-2H3,(H,23,25). The van der Waals surface area contributed by atoms with Crippen molar-refractivity contribution in [2.75, 3.05) is 17.6 Å². The summed E-state index contributed by atoms with van der Waals surface area (Å²) in [5.41, 5.74) is 9.09. The normalized spacial score (nSPS) is 11.3. The maximum absolute atomic E-state index is 13.1. The SMILES string of the molecule is CC(C)(CNc1ccc(-c2ccc(N)cc2)nn1)c1ccc(F)cc1. The van der Waals surface area contributed by atoms with Gasteiger partial charge in [-0.2, -0.15) is 0 Å². The molecule has 0 aliphatic rings. The van der Waals surface area contributed by atoms with Gasteiger partial charge in [-0.05, 0) is 42.0 Å². The Labute approximate surface area is 146 Å². The molecule has 0 amide bonds. The Morgan fingerprint density at radius 2 is 1.60 bits per heavy atom. The largest absolute Gasteiger partial charge is 0.399 e. The molecule has 3 aromatic rings. The zero-order valence-electron chi connectivity index (χ0n) is 14.3. The lowest BCUT2D eigenvalue weighted by Gasteiger charge is -2.25. The van der Waals surface area contributed by atoms with Crippen molar-refractivity contribution in [1.29, 1.82) is 0 Å². The van der Waals surface area contributed by atoms with E-state index in [1.165, 1.54) is 12.1 Å². The smallest absolute Gasteiger partial charge is 0.148 e. The van der Waals surface area contributed by atoms with Gasteiger partial charge < -0.3 is 11.1 Å². The quantitative estimate of drug-likeness (QED) is 0.684. The van der Waals surface area contributed by atoms with Gasteiger partial charge in [0.1, 0.15) is 11.6 Å². The van der Waals surface area contributed by atoms with Crippen molar-refractivity contribution in [3.63, 3.8) is 0 Å². The molecule has 1 heterocycles. The van der Waals surface area contributed by atoms with Gasteiger partial charge in [0, 0.05) is 23.2 Å². The van der Waals surface area contributed by atoms with E-state index in [4.69, 9.17) is 5.73 Å². The van der Waals surface area contributed by atoms with Crippen LogP contribution in [0, 0.1) is 5.82 Å². The van der Waals surface area contributed by atoms with Crippen LogP contribution < -0.4 is 11.1 Å². The predicted octanol–water partition coefficient (Wildman–Crippen LogP) is 4.25. The van der Waals surface area contributed by atoms with Crippen LogP contribution in [-0.4, -0.2) is 16.7 Å². The van der Waals surface area contributed by atoms with E-state index in [0.29, 0.717) is 12.4 Å². The van der Waals surface area contributed by atoms with Crippen molar-refractivity contribution in [2.45, 2.75) is 19.3 Å². The Kier molecular flexibility index (Phi) is 4.65. The van der Waals surface area contributed by atoms with Crippen molar-refractivity contribution >= 4 is 11.5 Å². The molecule has 5 heteroatoms. The van der Waals surface area contributed by atoms with Crippen LogP contribution >= 0.6 is 0 Å². The van der Waals surface area contributed by atoms with Crippen molar-refractivity contribution < 1.29 is 4.39 Å². The van der Waals surface area contributed by atoms with Crippen molar-refractivity contribution in [1.82, 2.24) is 10.2 Å². The van der Waals surface area contributed by atoms with Crippen molar-refractivity contribution in [2.24, 2.45) is 0 Å². The summed E-state index contributed by atoms with van der Waals surface area (Å²) in [5.74, 6) is 0.478. The molecule has 0 fully saturated rings. The molecular weight excluding hydrogens is 315 g/mol. The number of hydrogen-bond donors (Lipinski definition) is 2. The first-order chi connectivity index (χ1) is 11.9. The summed E-state index contributed by atoms with van der Waals surface area (Å²) in [4.78, 5) is 0. The van der Waals surface area contributed by atoms with Crippen molar-refractivity contribution in [3.8, 4) is 11.3 Å². The Hall–Kier alpha value is -2.95. The zero-order chi connectivity index (χ0) is 17.9. The summed E-state index contributed by atoms with van der Waals surface area (Å²) < 4.78 is 13.1. The van der Waals surface area contributed by atoms with E-state index in [1.54, 1.807) is 0 Å². The van der Waals surface area contributed by atoms with E-state index in [9.17, 15) is 4.39 Å². The number of rotatable bonds is 5. The van der Waals surface area contributed by atoms with Crippen LogP contribution in [-0.2, 0) is 5.41 Å². The number of halogens is 1. The van der Waals surface area contributed by atoms with Crippen LogP contribution in [0.5, 0.6) is 0 Å². The molecule has 3 rings (SSSR count). The van der Waals surface area contributed by atoms with Crippen LogP contribution in [0.15, 0.2) is 60.7 Å². The minimum absolute atomic E-state index is 0.162. The lowest BCUT2D eigenvalue weighted by Crippen LogP contribution is -2.28. The average Bonchev–Trinajstić information content (AvgIpc) is 2.62. The second kappa shape index (κ2) is 6.89. The molecule has 2 aromatic carbocycles. The van der Waals surface area contributed by atoms with Gasteiger partial charge >= 0.3 is 0 Å². The van der Waals surface area contributed by atoms with Gasteiger partial charge in [0.25, 0.3) is 0 Å². The third-order valence-electron chi connectivity index (χ3n) is 4.21. The van der Waals surface area contributed by atoms with Gasteiger partial charge in [0.15, 0.2) is 0 Å². The molecule has 128 valence electrons. The number of nitrogens with zero attached hydrogens (tertiary/aromatic N) is 2. The molecule has 3 N–H and O–H groups in total. The lowest BCUT2D eigenvalue weighted by atomic mass is 9.84. The Balaban J connectivity index is 1.67. The van der Waals surface area contributed by atoms with Crippen LogP contribution in [0.2, 0.25) is 0 Å². The van der Waals surface area contributed by atoms with E-state index >= 15 is 0 Å². The third kappa shape index (κ3) is 4.12. The van der Waals surface area contributed by atoms with Gasteiger partial charge in [-0.25, -0.2) is 4.39 Å². The minimum atomic E-state index is -0.225. The number of benzene rings is 2. The Morgan fingerprint density at radius 1 is 0.920 bits per heavy atom. The van der Waals surface area contributed by atoms with Gasteiger partial charge in [-0.1, -0.05) is 38.1 Å². The zero-order valence-corrected chi connectivity index (χ0v) is 14.3. The van der Waals surface area contributed by atoms with Gasteiger partial charge in [0.05, 0.1) is 5.69 Å². The number of nitrogen functional groups attached to an aromatic ring is 1. The monoisotopic (exact) mass is 336 g/mol. The summed E-state index contributed by atoms with van der Waals surface area (Å²) in [6, 6.07) is 17.9. The summed E-state index contributed by atoms with van der Waals surface area (Å²) in [5, 5.41) is 11.8. The molecule has 0 saturated heterocycles. The summed E-state index contributed by atoms with van der Waals surface area (Å²) in [7, 11) is 0. The lowest BCUT2D eigenvalue weighted by molar-refractivity contribution is 0.552. The van der Waals surface area contributed by atoms with E-state index in [-0.39, 0.29) is 11.2 Å². The van der Waals surface area contributed by atoms with Crippen LogP contribution in [0.4, 0.5) is 15.9 Å². The first-order valence-corrected chi connectivity index (χ1v) is 8.14. The molecule has 0 bridgehead atoms. The molecule has 0 aliphatic heterocycles. The number of anilines is 2. The van der Waals surface area contributed by atoms with E-state index < -0.39 is 0 Å². The maximum Gasteiger partial charge on any atom is 0.148 e. The maximum atomic E-state index is 13.1. The first kappa shape index (κ1) is 16.9. The molecule has 1 aromatic heterocycles. The minimum Gasteiger partial charge on any atom is -0.399 e. The molecule has 4 nitrogen and oxygen atoms in total. The first-order valence-electron chi connectivity index (χ1n) is 8.14. The van der Waals surface area contributed by atoms with Gasteiger partial charge in [-0.15, -0.1) is 10.2 Å². The predicted molar refractivity (Wildman–Crippen MR) is 99.8 cm³/mol. The highest BCUT2D eigenvalue weighted by atomic mass is 19.1. The second-order valence-electron chi connectivity index (χ2n) is 6.67. The highest BCUT2D eigenvalue weighted by Gasteiger charge is 2.20. The molecule has 0 atom stereocenters. The molecular formula is C20H21FN4. The van der Waals surface area contributed by atoms with Gasteiger partial charge in [-0.3, -0.25) is 0 Å². The Bertz CT molecular complexity index is 825. The average molecular weight is 336 g/mol. The van der Waals surface area contributed by atoms with Crippen LogP contribution in [0.3, 0.4) is 0 Å². The molecule has 0 radical (unpaired) electrons. The highest BCUT2D eigenvalue weighted by Crippen LogP contribution is 2.24. The molecule has 0 saturated carbocycles. The highest BCUT2D eigenvalue weighted by molar-refractivity contribution is 5.62. The van der Waals surface area contributed by atoms with Gasteiger partial charge in [0.2, 0.25) is 0 Å². The van der Waals surface area contributed by atoms with Crippen molar-refractivity contribution in [3.05, 3.63) is 72.0 Å². The van der Waals surface area contributed by atoms with Crippen LogP contribution in [0.25, 0.3) is 11.3 Å². The number of hydrogen-bond acceptors (Lipinski definition) is 4. The van der Waals surface area contributed by atoms with E-state index in [2.05, 4.69) is 29.4 Å². The summed E-state index contributed by atoms with van der Waals surface area (Å²) >= 11 is 0. The molecule has 0 unspecified atom stereocenters. The van der Waals surface area contributed by atoms with E-state index in [1.807, 2.05) is 48.5 Å². The summed E-state index contributed by atoms with van der Waals surface area (Å²) in [6.07, 6.45) is 0. The number of aromatic nitrogens is 2. The summed E-state index contributed by atoms with van der Waals surface area (Å²) in [6.45, 7) is 4.86. The fraction of sp³-hybridized carbons (Fsp3) is 0.200. The third-order valence-corrected chi connectivity index (χ3v) is 4.21. The molecule has 0 spiro atoms. The fourth-order valence-corrected chi connectivity index (χ4v) is 2.55. The topological polar surface area (TPSA) is 63.8 Å². The molecule has 0 aliphatic carbocycles. The number of nitrogens with one attached hydrogen (secondary N) is 1. The van der Waals surface area contributed by atoms with Crippen LogP contribution in [0.1, 0.15) is 19.4 Å². The molecule has 25 heavy (non-hydrogen) atoms. The second-order valence-corrected chi connectivity index (χ2v) is 6.67. The fourth-order valence-electron chi connectivity index (χ4n) is 2.55.